The van der Waals surface area contributed by atoms with E-state index in [2.05, 4.69) is 10.6 Å². The number of aliphatic hydroxyl groups is 1. The van der Waals surface area contributed by atoms with Gasteiger partial charge < -0.3 is 20.5 Å². The van der Waals surface area contributed by atoms with E-state index in [1.54, 1.807) is 24.3 Å². The number of carbonyl (C=O) groups excluding carboxylic acids is 2. The van der Waals surface area contributed by atoms with Crippen molar-refractivity contribution in [2.24, 2.45) is 0 Å². The van der Waals surface area contributed by atoms with Crippen LogP contribution in [0.25, 0.3) is 0 Å². The number of hydrogen-bond donors (Lipinski definition) is 3. The lowest BCUT2D eigenvalue weighted by atomic mass is 10.2. The first-order chi connectivity index (χ1) is 8.65. The predicted molar refractivity (Wildman–Crippen MR) is 66.0 cm³/mol. The van der Waals surface area contributed by atoms with Crippen LogP contribution in [0, 0.1) is 0 Å². The lowest BCUT2D eigenvalue weighted by Crippen LogP contribution is -2.18. The zero-order valence-electron chi connectivity index (χ0n) is 10.1. The van der Waals surface area contributed by atoms with Crippen LogP contribution < -0.4 is 10.6 Å². The van der Waals surface area contributed by atoms with Crippen LogP contribution >= 0.6 is 0 Å². The standard InChI is InChI=1S/C12H16N2O4/c1-13-12(17)18-8-9-2-4-10(5-3-9)14-11(16)6-7-15/h2-5,15H,6-8H2,1H3,(H,13,17)(H,14,16). The maximum absolute atomic E-state index is 11.2. The minimum Gasteiger partial charge on any atom is -0.445 e. The Morgan fingerprint density at radius 1 is 1.28 bits per heavy atom. The summed E-state index contributed by atoms with van der Waals surface area (Å²) in [4.78, 5) is 22.1. The number of benzene rings is 1. The molecule has 1 aromatic carbocycles. The highest BCUT2D eigenvalue weighted by Crippen LogP contribution is 2.10. The van der Waals surface area contributed by atoms with Crippen molar-refractivity contribution in [3.05, 3.63) is 29.8 Å². The third-order valence-corrected chi connectivity index (χ3v) is 2.15. The normalized spacial score (nSPS) is 9.67. The van der Waals surface area contributed by atoms with E-state index in [0.717, 1.165) is 5.56 Å². The Morgan fingerprint density at radius 2 is 1.94 bits per heavy atom. The Kier molecular flexibility index (Phi) is 5.66. The van der Waals surface area contributed by atoms with Gasteiger partial charge in [-0.15, -0.1) is 0 Å². The van der Waals surface area contributed by atoms with Crippen molar-refractivity contribution in [1.29, 1.82) is 0 Å². The molecule has 0 saturated carbocycles. The minimum absolute atomic E-state index is 0.0710. The molecule has 0 aromatic heterocycles. The quantitative estimate of drug-likeness (QED) is 0.725. The van der Waals surface area contributed by atoms with Crippen molar-refractivity contribution >= 4 is 17.7 Å². The summed E-state index contributed by atoms with van der Waals surface area (Å²) >= 11 is 0. The summed E-state index contributed by atoms with van der Waals surface area (Å²) in [7, 11) is 1.49. The smallest absolute Gasteiger partial charge is 0.407 e. The molecule has 0 spiro atoms. The second kappa shape index (κ2) is 7.29. The molecule has 6 nitrogen and oxygen atoms in total. The van der Waals surface area contributed by atoms with Gasteiger partial charge in [0.25, 0.3) is 0 Å². The molecule has 6 heteroatoms. The topological polar surface area (TPSA) is 87.7 Å². The van der Waals surface area contributed by atoms with Gasteiger partial charge in [0.05, 0.1) is 13.0 Å². The highest BCUT2D eigenvalue weighted by atomic mass is 16.5. The fourth-order valence-corrected chi connectivity index (χ4v) is 1.23. The number of nitrogens with one attached hydrogen (secondary N) is 2. The van der Waals surface area contributed by atoms with Crippen LogP contribution in [0.15, 0.2) is 24.3 Å². The van der Waals surface area contributed by atoms with Crippen LogP contribution in [-0.4, -0.2) is 30.8 Å². The van der Waals surface area contributed by atoms with Crippen LogP contribution in [0.2, 0.25) is 0 Å². The first-order valence-corrected chi connectivity index (χ1v) is 5.50. The van der Waals surface area contributed by atoms with Gasteiger partial charge in [-0.2, -0.15) is 0 Å². The van der Waals surface area contributed by atoms with Crippen molar-refractivity contribution in [3.8, 4) is 0 Å². The molecule has 0 radical (unpaired) electrons. The summed E-state index contributed by atoms with van der Waals surface area (Å²) in [5.41, 5.74) is 1.45. The zero-order valence-corrected chi connectivity index (χ0v) is 10.1. The number of anilines is 1. The molecule has 0 atom stereocenters. The van der Waals surface area contributed by atoms with Crippen LogP contribution in [-0.2, 0) is 16.1 Å². The van der Waals surface area contributed by atoms with E-state index in [4.69, 9.17) is 9.84 Å². The molecule has 0 fully saturated rings. The molecule has 3 N–H and O–H groups in total. The number of carbonyl (C=O) groups is 2. The number of rotatable bonds is 5. The predicted octanol–water partition coefficient (Wildman–Crippen LogP) is 0.863. The first kappa shape index (κ1) is 14.0. The molecule has 98 valence electrons. The molecule has 1 aromatic rings. The molecule has 18 heavy (non-hydrogen) atoms. The SMILES string of the molecule is CNC(=O)OCc1ccc(NC(=O)CCO)cc1. The molecule has 0 bridgehead atoms. The van der Waals surface area contributed by atoms with Gasteiger partial charge in [0, 0.05) is 12.7 Å². The minimum atomic E-state index is -0.490. The Bertz CT molecular complexity index is 403. The maximum Gasteiger partial charge on any atom is 0.407 e. The van der Waals surface area contributed by atoms with E-state index in [1.807, 2.05) is 0 Å². The number of alkyl carbamates (subject to hydrolysis) is 1. The van der Waals surface area contributed by atoms with Gasteiger partial charge in [0.1, 0.15) is 6.61 Å². The van der Waals surface area contributed by atoms with Gasteiger partial charge in [-0.1, -0.05) is 12.1 Å². The van der Waals surface area contributed by atoms with Crippen LogP contribution in [0.1, 0.15) is 12.0 Å². The van der Waals surface area contributed by atoms with E-state index >= 15 is 0 Å². The van der Waals surface area contributed by atoms with Gasteiger partial charge in [-0.05, 0) is 17.7 Å². The average molecular weight is 252 g/mol. The molecular formula is C12H16N2O4. The second-order valence-corrected chi connectivity index (χ2v) is 3.54. The van der Waals surface area contributed by atoms with Crippen molar-refractivity contribution < 1.29 is 19.4 Å². The molecule has 0 unspecified atom stereocenters. The molecule has 0 aliphatic heterocycles. The maximum atomic E-state index is 11.2. The second-order valence-electron chi connectivity index (χ2n) is 3.54. The Labute approximate surface area is 105 Å². The van der Waals surface area contributed by atoms with E-state index in [0.29, 0.717) is 5.69 Å². The van der Waals surface area contributed by atoms with Gasteiger partial charge in [0.2, 0.25) is 5.91 Å². The third kappa shape index (κ3) is 4.84. The van der Waals surface area contributed by atoms with Crippen LogP contribution in [0.4, 0.5) is 10.5 Å². The molecule has 0 heterocycles. The summed E-state index contributed by atoms with van der Waals surface area (Å²) in [6, 6.07) is 6.91. The van der Waals surface area contributed by atoms with Crippen molar-refractivity contribution in [3.63, 3.8) is 0 Å². The summed E-state index contributed by atoms with van der Waals surface area (Å²) in [6.07, 6.45) is -0.419. The monoisotopic (exact) mass is 252 g/mol. The molecule has 0 aliphatic carbocycles. The van der Waals surface area contributed by atoms with Crippen molar-refractivity contribution in [2.75, 3.05) is 19.0 Å². The van der Waals surface area contributed by atoms with E-state index in [9.17, 15) is 9.59 Å². The van der Waals surface area contributed by atoms with Gasteiger partial charge in [-0.25, -0.2) is 4.79 Å². The summed E-state index contributed by atoms with van der Waals surface area (Å²) in [5, 5.41) is 13.6. The first-order valence-electron chi connectivity index (χ1n) is 5.50. The zero-order chi connectivity index (χ0) is 13.4. The van der Waals surface area contributed by atoms with E-state index in [-0.39, 0.29) is 25.5 Å². The van der Waals surface area contributed by atoms with E-state index < -0.39 is 6.09 Å². The highest BCUT2D eigenvalue weighted by Gasteiger charge is 2.02. The molecule has 0 saturated heterocycles. The fourth-order valence-electron chi connectivity index (χ4n) is 1.23. The lowest BCUT2D eigenvalue weighted by molar-refractivity contribution is -0.116. The van der Waals surface area contributed by atoms with Crippen molar-refractivity contribution in [2.45, 2.75) is 13.0 Å². The summed E-state index contributed by atoms with van der Waals surface area (Å²) in [6.45, 7) is -0.00553. The average Bonchev–Trinajstić information content (AvgIpc) is 2.37. The van der Waals surface area contributed by atoms with Gasteiger partial charge >= 0.3 is 6.09 Å². The third-order valence-electron chi connectivity index (χ3n) is 2.15. The fraction of sp³-hybridized carbons (Fsp3) is 0.333. The van der Waals surface area contributed by atoms with Crippen molar-refractivity contribution in [1.82, 2.24) is 5.32 Å². The van der Waals surface area contributed by atoms with Gasteiger partial charge in [-0.3, -0.25) is 4.79 Å². The van der Waals surface area contributed by atoms with Gasteiger partial charge in [0.15, 0.2) is 0 Å². The Morgan fingerprint density at radius 3 is 2.50 bits per heavy atom. The van der Waals surface area contributed by atoms with Crippen LogP contribution in [0.3, 0.4) is 0 Å². The highest BCUT2D eigenvalue weighted by molar-refractivity contribution is 5.90. The number of aliphatic hydroxyl groups excluding tert-OH is 1. The molecule has 1 rings (SSSR count). The van der Waals surface area contributed by atoms with E-state index in [1.165, 1.54) is 7.05 Å². The number of ether oxygens (including phenoxy) is 1. The Balaban J connectivity index is 2.47. The largest absolute Gasteiger partial charge is 0.445 e. The Hall–Kier alpha value is -2.08. The summed E-state index contributed by atoms with van der Waals surface area (Å²) < 4.78 is 4.87. The molecular weight excluding hydrogens is 236 g/mol. The van der Waals surface area contributed by atoms with Crippen LogP contribution in [0.5, 0.6) is 0 Å². The molecule has 0 aliphatic rings. The number of amides is 2. The molecule has 2 amide bonds. The summed E-state index contributed by atoms with van der Waals surface area (Å²) in [5.74, 6) is -0.244. The number of hydrogen-bond acceptors (Lipinski definition) is 4. The lowest BCUT2D eigenvalue weighted by Gasteiger charge is -2.06.